The lowest BCUT2D eigenvalue weighted by Gasteiger charge is -2.36. The SMILES string of the molecule is CN=C(NCc1ccc(-n2nc(C)cc2C)nc1)N1CCN(Cc2ccon2)CC1.I. The van der Waals surface area contributed by atoms with Crippen LogP contribution in [0.2, 0.25) is 0 Å². The zero-order valence-electron chi connectivity index (χ0n) is 18.2. The third-order valence-electron chi connectivity index (χ3n) is 5.25. The molecule has 10 heteroatoms. The molecule has 0 bridgehead atoms. The second-order valence-corrected chi connectivity index (χ2v) is 7.52. The van der Waals surface area contributed by atoms with Crippen LogP contribution in [0.5, 0.6) is 0 Å². The van der Waals surface area contributed by atoms with Gasteiger partial charge in [-0.2, -0.15) is 5.10 Å². The molecule has 0 aromatic carbocycles. The molecule has 1 aliphatic rings. The summed E-state index contributed by atoms with van der Waals surface area (Å²) in [5, 5.41) is 11.9. The van der Waals surface area contributed by atoms with E-state index in [-0.39, 0.29) is 24.0 Å². The Kier molecular flexibility index (Phi) is 8.02. The Labute approximate surface area is 199 Å². The molecule has 1 aliphatic heterocycles. The van der Waals surface area contributed by atoms with E-state index in [0.717, 1.165) is 67.1 Å². The zero-order valence-corrected chi connectivity index (χ0v) is 20.5. The molecule has 1 fully saturated rings. The first kappa shape index (κ1) is 23.2. The van der Waals surface area contributed by atoms with Gasteiger partial charge in [-0.25, -0.2) is 9.67 Å². The summed E-state index contributed by atoms with van der Waals surface area (Å²) < 4.78 is 6.79. The molecule has 1 N–H and O–H groups in total. The van der Waals surface area contributed by atoms with Crippen molar-refractivity contribution in [2.24, 2.45) is 4.99 Å². The lowest BCUT2D eigenvalue weighted by atomic mass is 10.2. The average molecular weight is 536 g/mol. The smallest absolute Gasteiger partial charge is 0.194 e. The number of piperazine rings is 1. The maximum absolute atomic E-state index is 4.92. The van der Waals surface area contributed by atoms with Crippen LogP contribution in [0, 0.1) is 13.8 Å². The fourth-order valence-corrected chi connectivity index (χ4v) is 3.69. The number of rotatable bonds is 5. The molecule has 0 aliphatic carbocycles. The Hall–Kier alpha value is -2.47. The van der Waals surface area contributed by atoms with Crippen LogP contribution in [-0.2, 0) is 13.1 Å². The fraction of sp³-hybridized carbons (Fsp3) is 0.429. The molecule has 3 aromatic rings. The van der Waals surface area contributed by atoms with Gasteiger partial charge in [-0.3, -0.25) is 9.89 Å². The highest BCUT2D eigenvalue weighted by atomic mass is 127. The van der Waals surface area contributed by atoms with Crippen LogP contribution < -0.4 is 5.32 Å². The van der Waals surface area contributed by atoms with Gasteiger partial charge >= 0.3 is 0 Å². The van der Waals surface area contributed by atoms with Gasteiger partial charge < -0.3 is 14.7 Å². The highest BCUT2D eigenvalue weighted by Gasteiger charge is 2.20. The van der Waals surface area contributed by atoms with Gasteiger partial charge in [0.1, 0.15) is 6.26 Å². The van der Waals surface area contributed by atoms with Gasteiger partial charge in [-0.05, 0) is 31.5 Å². The predicted molar refractivity (Wildman–Crippen MR) is 130 cm³/mol. The van der Waals surface area contributed by atoms with Gasteiger partial charge in [0.25, 0.3) is 0 Å². The molecule has 0 radical (unpaired) electrons. The maximum Gasteiger partial charge on any atom is 0.194 e. The van der Waals surface area contributed by atoms with Gasteiger partial charge in [-0.15, -0.1) is 24.0 Å². The number of aliphatic imine (C=N–C) groups is 1. The molecule has 1 saturated heterocycles. The van der Waals surface area contributed by atoms with E-state index in [2.05, 4.69) is 41.4 Å². The highest BCUT2D eigenvalue weighted by molar-refractivity contribution is 14.0. The topological polar surface area (TPSA) is 87.6 Å². The number of halogens is 1. The van der Waals surface area contributed by atoms with E-state index in [1.54, 1.807) is 6.26 Å². The normalized spacial score (nSPS) is 15.1. The molecule has 0 atom stereocenters. The molecule has 3 aromatic heterocycles. The van der Waals surface area contributed by atoms with Crippen LogP contribution in [0.15, 0.2) is 46.2 Å². The van der Waals surface area contributed by atoms with Crippen LogP contribution in [0.3, 0.4) is 0 Å². The van der Waals surface area contributed by atoms with Gasteiger partial charge in [0.05, 0.1) is 11.4 Å². The second-order valence-electron chi connectivity index (χ2n) is 7.52. The van der Waals surface area contributed by atoms with E-state index in [9.17, 15) is 0 Å². The van der Waals surface area contributed by atoms with Crippen molar-refractivity contribution in [2.75, 3.05) is 33.2 Å². The minimum Gasteiger partial charge on any atom is -0.364 e. The number of pyridine rings is 1. The highest BCUT2D eigenvalue weighted by Crippen LogP contribution is 2.11. The van der Waals surface area contributed by atoms with E-state index < -0.39 is 0 Å². The Bertz CT molecular complexity index is 975. The number of aromatic nitrogens is 4. The Morgan fingerprint density at radius 1 is 1.16 bits per heavy atom. The summed E-state index contributed by atoms with van der Waals surface area (Å²) in [6.45, 7) is 9.30. The summed E-state index contributed by atoms with van der Waals surface area (Å²) in [4.78, 5) is 13.7. The minimum absolute atomic E-state index is 0. The van der Waals surface area contributed by atoms with E-state index in [1.807, 2.05) is 50.0 Å². The summed E-state index contributed by atoms with van der Waals surface area (Å²) in [5.41, 5.74) is 4.15. The molecular weight excluding hydrogens is 507 g/mol. The van der Waals surface area contributed by atoms with Crippen molar-refractivity contribution in [1.29, 1.82) is 0 Å². The van der Waals surface area contributed by atoms with Crippen molar-refractivity contribution in [3.05, 3.63) is 59.4 Å². The average Bonchev–Trinajstić information content (AvgIpc) is 3.39. The molecular formula is C21H29IN8O. The fourth-order valence-electron chi connectivity index (χ4n) is 3.69. The molecule has 166 valence electrons. The predicted octanol–water partition coefficient (Wildman–Crippen LogP) is 2.38. The summed E-state index contributed by atoms with van der Waals surface area (Å²) in [6.07, 6.45) is 3.51. The van der Waals surface area contributed by atoms with Crippen LogP contribution in [-0.4, -0.2) is 68.9 Å². The largest absolute Gasteiger partial charge is 0.364 e. The second kappa shape index (κ2) is 10.7. The van der Waals surface area contributed by atoms with Crippen LogP contribution in [0.1, 0.15) is 22.6 Å². The van der Waals surface area contributed by atoms with Crippen LogP contribution >= 0.6 is 24.0 Å². The van der Waals surface area contributed by atoms with Crippen LogP contribution in [0.4, 0.5) is 0 Å². The van der Waals surface area contributed by atoms with Crippen molar-refractivity contribution in [1.82, 2.24) is 35.0 Å². The number of aryl methyl sites for hydroxylation is 2. The van der Waals surface area contributed by atoms with E-state index in [1.165, 1.54) is 0 Å². The van der Waals surface area contributed by atoms with E-state index in [0.29, 0.717) is 6.54 Å². The number of nitrogens with one attached hydrogen (secondary N) is 1. The van der Waals surface area contributed by atoms with E-state index >= 15 is 0 Å². The molecule has 0 amide bonds. The summed E-state index contributed by atoms with van der Waals surface area (Å²) >= 11 is 0. The Morgan fingerprint density at radius 2 is 1.97 bits per heavy atom. The lowest BCUT2D eigenvalue weighted by molar-refractivity contribution is 0.169. The lowest BCUT2D eigenvalue weighted by Crippen LogP contribution is -2.52. The number of hydrogen-bond acceptors (Lipinski definition) is 6. The minimum atomic E-state index is 0. The van der Waals surface area contributed by atoms with Crippen molar-refractivity contribution in [2.45, 2.75) is 26.9 Å². The maximum atomic E-state index is 4.92. The van der Waals surface area contributed by atoms with Crippen molar-refractivity contribution in [3.63, 3.8) is 0 Å². The van der Waals surface area contributed by atoms with Gasteiger partial charge in [-0.1, -0.05) is 11.2 Å². The standard InChI is InChI=1S/C21H28N8O.HI/c1-16-12-17(2)29(25-16)20-5-4-18(13-23-20)14-24-21(22-3)28-9-7-27(8-10-28)15-19-6-11-30-26-19;/h4-6,11-13H,7-10,14-15H2,1-3H3,(H,22,24);1H. The molecule has 0 unspecified atom stereocenters. The zero-order chi connectivity index (χ0) is 20.9. The monoisotopic (exact) mass is 536 g/mol. The third kappa shape index (κ3) is 5.82. The van der Waals surface area contributed by atoms with Gasteiger partial charge in [0, 0.05) is 64.3 Å². The van der Waals surface area contributed by atoms with Crippen molar-refractivity contribution < 1.29 is 4.52 Å². The molecule has 0 saturated carbocycles. The number of nitrogens with zero attached hydrogens (tertiary/aromatic N) is 7. The first-order valence-corrected chi connectivity index (χ1v) is 10.2. The Morgan fingerprint density at radius 3 is 2.55 bits per heavy atom. The molecule has 4 heterocycles. The van der Waals surface area contributed by atoms with Crippen molar-refractivity contribution in [3.8, 4) is 5.82 Å². The quantitative estimate of drug-likeness (QED) is 0.305. The number of guanidine groups is 1. The summed E-state index contributed by atoms with van der Waals surface area (Å²) in [7, 11) is 1.83. The van der Waals surface area contributed by atoms with Crippen LogP contribution in [0.25, 0.3) is 5.82 Å². The first-order chi connectivity index (χ1) is 14.6. The molecule has 0 spiro atoms. The Balaban J connectivity index is 0.00000272. The van der Waals surface area contributed by atoms with Gasteiger partial charge in [0.15, 0.2) is 11.8 Å². The molecule has 31 heavy (non-hydrogen) atoms. The first-order valence-electron chi connectivity index (χ1n) is 10.2. The number of hydrogen-bond donors (Lipinski definition) is 1. The third-order valence-corrected chi connectivity index (χ3v) is 5.25. The molecule has 4 rings (SSSR count). The summed E-state index contributed by atoms with van der Waals surface area (Å²) in [5.74, 6) is 1.75. The summed E-state index contributed by atoms with van der Waals surface area (Å²) in [6, 6.07) is 8.05. The van der Waals surface area contributed by atoms with E-state index in [4.69, 9.17) is 4.52 Å². The van der Waals surface area contributed by atoms with Gasteiger partial charge in [0.2, 0.25) is 0 Å². The molecule has 9 nitrogen and oxygen atoms in total. The van der Waals surface area contributed by atoms with Crippen molar-refractivity contribution >= 4 is 29.9 Å².